The first-order valence-electron chi connectivity index (χ1n) is 6.06. The standard InChI is InChI=1S/C12H20N2OS/c1-2-3-4-11-14-10(9-16-11)12(13)5-7-15-8-6-12/h9H,2-8,13H2,1H3. The van der Waals surface area contributed by atoms with Gasteiger partial charge in [-0.25, -0.2) is 4.98 Å². The molecule has 1 aliphatic heterocycles. The molecule has 4 heteroatoms. The van der Waals surface area contributed by atoms with E-state index in [-0.39, 0.29) is 5.54 Å². The summed E-state index contributed by atoms with van der Waals surface area (Å²) in [7, 11) is 0. The fraction of sp³-hybridized carbons (Fsp3) is 0.750. The zero-order chi connectivity index (χ0) is 11.4. The van der Waals surface area contributed by atoms with Gasteiger partial charge in [-0.2, -0.15) is 0 Å². The SMILES string of the molecule is CCCCc1nc(C2(N)CCOCC2)cs1. The Bertz CT molecular complexity index is 332. The van der Waals surface area contributed by atoms with Gasteiger partial charge in [0.25, 0.3) is 0 Å². The Morgan fingerprint density at radius 3 is 2.94 bits per heavy atom. The first kappa shape index (κ1) is 12.0. The topological polar surface area (TPSA) is 48.1 Å². The Morgan fingerprint density at radius 1 is 1.50 bits per heavy atom. The molecule has 3 nitrogen and oxygen atoms in total. The average molecular weight is 240 g/mol. The van der Waals surface area contributed by atoms with Crippen LogP contribution in [0.2, 0.25) is 0 Å². The lowest BCUT2D eigenvalue weighted by Crippen LogP contribution is -2.42. The third kappa shape index (κ3) is 2.62. The first-order valence-corrected chi connectivity index (χ1v) is 6.94. The van der Waals surface area contributed by atoms with Gasteiger partial charge in [-0.3, -0.25) is 0 Å². The maximum atomic E-state index is 6.39. The number of hydrogen-bond donors (Lipinski definition) is 1. The van der Waals surface area contributed by atoms with Crippen molar-refractivity contribution < 1.29 is 4.74 Å². The summed E-state index contributed by atoms with van der Waals surface area (Å²) < 4.78 is 5.35. The number of unbranched alkanes of at least 4 members (excludes halogenated alkanes) is 1. The number of nitrogens with two attached hydrogens (primary N) is 1. The zero-order valence-electron chi connectivity index (χ0n) is 9.87. The highest BCUT2D eigenvalue weighted by Gasteiger charge is 2.32. The van der Waals surface area contributed by atoms with Gasteiger partial charge in [0.15, 0.2) is 0 Å². The number of hydrogen-bond acceptors (Lipinski definition) is 4. The van der Waals surface area contributed by atoms with Crippen molar-refractivity contribution in [2.75, 3.05) is 13.2 Å². The molecule has 0 aromatic carbocycles. The molecule has 0 spiro atoms. The normalized spacial score (nSPS) is 19.9. The van der Waals surface area contributed by atoms with Crippen LogP contribution in [0.1, 0.15) is 43.3 Å². The van der Waals surface area contributed by atoms with Gasteiger partial charge in [-0.15, -0.1) is 11.3 Å². The van der Waals surface area contributed by atoms with Crippen molar-refractivity contribution in [1.29, 1.82) is 0 Å². The van der Waals surface area contributed by atoms with Gasteiger partial charge < -0.3 is 10.5 Å². The lowest BCUT2D eigenvalue weighted by molar-refractivity contribution is 0.0509. The molecule has 90 valence electrons. The van der Waals surface area contributed by atoms with Gasteiger partial charge in [-0.05, 0) is 25.7 Å². The molecule has 0 aliphatic carbocycles. The molecule has 2 heterocycles. The first-order chi connectivity index (χ1) is 7.74. The maximum Gasteiger partial charge on any atom is 0.0929 e. The van der Waals surface area contributed by atoms with Crippen molar-refractivity contribution >= 4 is 11.3 Å². The van der Waals surface area contributed by atoms with Crippen LogP contribution in [-0.4, -0.2) is 18.2 Å². The Balaban J connectivity index is 2.05. The van der Waals surface area contributed by atoms with Crippen LogP contribution in [0.3, 0.4) is 0 Å². The van der Waals surface area contributed by atoms with E-state index in [1.165, 1.54) is 17.8 Å². The van der Waals surface area contributed by atoms with E-state index in [1.54, 1.807) is 11.3 Å². The summed E-state index contributed by atoms with van der Waals surface area (Å²) in [6, 6.07) is 0. The number of rotatable bonds is 4. The summed E-state index contributed by atoms with van der Waals surface area (Å²) in [5, 5.41) is 3.37. The van der Waals surface area contributed by atoms with Crippen molar-refractivity contribution in [2.24, 2.45) is 5.73 Å². The highest BCUT2D eigenvalue weighted by molar-refractivity contribution is 7.09. The summed E-state index contributed by atoms with van der Waals surface area (Å²) >= 11 is 1.75. The molecule has 1 saturated heterocycles. The average Bonchev–Trinajstić information content (AvgIpc) is 2.77. The summed E-state index contributed by atoms with van der Waals surface area (Å²) in [6.45, 7) is 3.73. The second kappa shape index (κ2) is 5.25. The highest BCUT2D eigenvalue weighted by Crippen LogP contribution is 2.30. The van der Waals surface area contributed by atoms with Gasteiger partial charge >= 0.3 is 0 Å². The Morgan fingerprint density at radius 2 is 2.25 bits per heavy atom. The molecule has 0 amide bonds. The van der Waals surface area contributed by atoms with Crippen LogP contribution in [0.25, 0.3) is 0 Å². The minimum absolute atomic E-state index is 0.237. The van der Waals surface area contributed by atoms with Crippen LogP contribution in [0.4, 0.5) is 0 Å². The second-order valence-electron chi connectivity index (χ2n) is 4.50. The van der Waals surface area contributed by atoms with Crippen LogP contribution in [-0.2, 0) is 16.7 Å². The maximum absolute atomic E-state index is 6.39. The molecule has 1 aliphatic rings. The Labute approximate surface area is 101 Å². The van der Waals surface area contributed by atoms with Crippen LogP contribution in [0, 0.1) is 0 Å². The number of nitrogens with zero attached hydrogens (tertiary/aromatic N) is 1. The third-order valence-electron chi connectivity index (χ3n) is 3.19. The third-order valence-corrected chi connectivity index (χ3v) is 4.10. The Kier molecular flexibility index (Phi) is 3.95. The zero-order valence-corrected chi connectivity index (χ0v) is 10.7. The second-order valence-corrected chi connectivity index (χ2v) is 5.44. The van der Waals surface area contributed by atoms with Gasteiger partial charge in [-0.1, -0.05) is 13.3 Å². The predicted octanol–water partition coefficient (Wildman–Crippen LogP) is 2.45. The summed E-state index contributed by atoms with van der Waals surface area (Å²) in [6.07, 6.45) is 5.31. The van der Waals surface area contributed by atoms with Crippen LogP contribution >= 0.6 is 11.3 Å². The Hall–Kier alpha value is -0.450. The summed E-state index contributed by atoms with van der Waals surface area (Å²) in [5.74, 6) is 0. The molecule has 2 rings (SSSR count). The summed E-state index contributed by atoms with van der Waals surface area (Å²) in [5.41, 5.74) is 7.23. The van der Waals surface area contributed by atoms with Gasteiger partial charge in [0, 0.05) is 18.6 Å². The van der Waals surface area contributed by atoms with Crippen LogP contribution in [0.5, 0.6) is 0 Å². The fourth-order valence-corrected chi connectivity index (χ4v) is 2.92. The molecule has 1 aromatic rings. The number of thiazole rings is 1. The minimum atomic E-state index is -0.237. The molecule has 0 atom stereocenters. The van der Waals surface area contributed by atoms with Crippen molar-refractivity contribution in [3.05, 3.63) is 16.1 Å². The van der Waals surface area contributed by atoms with E-state index in [1.807, 2.05) is 0 Å². The molecule has 0 unspecified atom stereocenters. The van der Waals surface area contributed by atoms with Crippen LogP contribution < -0.4 is 5.73 Å². The van der Waals surface area contributed by atoms with E-state index in [0.717, 1.165) is 38.2 Å². The van der Waals surface area contributed by atoms with E-state index in [4.69, 9.17) is 10.5 Å². The monoisotopic (exact) mass is 240 g/mol. The number of aromatic nitrogens is 1. The predicted molar refractivity (Wildman–Crippen MR) is 66.6 cm³/mol. The number of ether oxygens (including phenoxy) is 1. The molecule has 1 aromatic heterocycles. The fourth-order valence-electron chi connectivity index (χ4n) is 1.97. The molecule has 1 fully saturated rings. The van der Waals surface area contributed by atoms with Gasteiger partial charge in [0.2, 0.25) is 0 Å². The lowest BCUT2D eigenvalue weighted by Gasteiger charge is -2.31. The van der Waals surface area contributed by atoms with E-state index in [2.05, 4.69) is 17.3 Å². The molecule has 0 saturated carbocycles. The number of aryl methyl sites for hydroxylation is 1. The minimum Gasteiger partial charge on any atom is -0.381 e. The van der Waals surface area contributed by atoms with E-state index >= 15 is 0 Å². The van der Waals surface area contributed by atoms with Crippen molar-refractivity contribution in [2.45, 2.75) is 44.6 Å². The van der Waals surface area contributed by atoms with E-state index in [9.17, 15) is 0 Å². The smallest absolute Gasteiger partial charge is 0.0929 e. The van der Waals surface area contributed by atoms with Crippen molar-refractivity contribution in [3.63, 3.8) is 0 Å². The van der Waals surface area contributed by atoms with Gasteiger partial charge in [0.05, 0.1) is 16.2 Å². The molecule has 16 heavy (non-hydrogen) atoms. The molecule has 0 bridgehead atoms. The molecular formula is C12H20N2OS. The van der Waals surface area contributed by atoms with Crippen molar-refractivity contribution in [3.8, 4) is 0 Å². The van der Waals surface area contributed by atoms with Crippen LogP contribution in [0.15, 0.2) is 5.38 Å². The molecular weight excluding hydrogens is 220 g/mol. The summed E-state index contributed by atoms with van der Waals surface area (Å²) in [4.78, 5) is 4.68. The van der Waals surface area contributed by atoms with Gasteiger partial charge in [0.1, 0.15) is 0 Å². The van der Waals surface area contributed by atoms with Crippen molar-refractivity contribution in [1.82, 2.24) is 4.98 Å². The van der Waals surface area contributed by atoms with E-state index in [0.29, 0.717) is 0 Å². The lowest BCUT2D eigenvalue weighted by atomic mass is 9.88. The quantitative estimate of drug-likeness (QED) is 0.879. The molecule has 2 N–H and O–H groups in total. The van der Waals surface area contributed by atoms with E-state index < -0.39 is 0 Å². The molecule has 0 radical (unpaired) electrons. The highest BCUT2D eigenvalue weighted by atomic mass is 32.1. The largest absolute Gasteiger partial charge is 0.381 e.